The lowest BCUT2D eigenvalue weighted by Crippen LogP contribution is -2.48. The maximum atomic E-state index is 13.5. The summed E-state index contributed by atoms with van der Waals surface area (Å²) >= 11 is 0. The van der Waals surface area contributed by atoms with Gasteiger partial charge in [-0.3, -0.25) is 4.79 Å². The predicted molar refractivity (Wildman–Crippen MR) is 110 cm³/mol. The molecule has 0 unspecified atom stereocenters. The average molecular weight is 419 g/mol. The lowest BCUT2D eigenvalue weighted by molar-refractivity contribution is 0.0593. The zero-order valence-electron chi connectivity index (χ0n) is 16.9. The van der Waals surface area contributed by atoms with Crippen molar-refractivity contribution in [2.75, 3.05) is 19.0 Å². The van der Waals surface area contributed by atoms with E-state index < -0.39 is 5.97 Å². The van der Waals surface area contributed by atoms with Gasteiger partial charge in [-0.1, -0.05) is 12.1 Å². The number of aromatic nitrogens is 5. The van der Waals surface area contributed by atoms with Crippen molar-refractivity contribution in [1.82, 2.24) is 29.9 Å². The molecular weight excluding hydrogens is 398 g/mol. The second-order valence-electron chi connectivity index (χ2n) is 7.69. The summed E-state index contributed by atoms with van der Waals surface area (Å²) in [7, 11) is 1.31. The maximum Gasteiger partial charge on any atom is 0.360 e. The van der Waals surface area contributed by atoms with E-state index in [0.29, 0.717) is 29.5 Å². The number of anilines is 1. The van der Waals surface area contributed by atoms with E-state index in [0.717, 1.165) is 12.8 Å². The van der Waals surface area contributed by atoms with Crippen molar-refractivity contribution in [1.29, 1.82) is 0 Å². The van der Waals surface area contributed by atoms with Crippen LogP contribution in [0.5, 0.6) is 0 Å². The standard InChI is InChI=1S/C21H21N7O3/c1-31-21(30)18-19(23-7-6-22-18)26-15-10-13-11-17(15)27(12-13)20(29)14-4-2-3-5-16(14)28-24-8-9-25-28/h2-9,13,15,17H,10-12H2,1H3,(H,23,26)/t13-,15+,17-/m0/s1. The van der Waals surface area contributed by atoms with E-state index in [1.807, 2.05) is 23.1 Å². The molecule has 3 heterocycles. The van der Waals surface area contributed by atoms with E-state index in [2.05, 4.69) is 25.5 Å². The second-order valence-corrected chi connectivity index (χ2v) is 7.69. The molecule has 1 saturated carbocycles. The van der Waals surface area contributed by atoms with Gasteiger partial charge in [-0.25, -0.2) is 14.8 Å². The van der Waals surface area contributed by atoms with Crippen molar-refractivity contribution in [2.24, 2.45) is 5.92 Å². The zero-order chi connectivity index (χ0) is 21.4. The van der Waals surface area contributed by atoms with Gasteiger partial charge in [0.15, 0.2) is 11.5 Å². The number of benzene rings is 1. The third kappa shape index (κ3) is 3.39. The summed E-state index contributed by atoms with van der Waals surface area (Å²) in [5.74, 6) is 0.159. The van der Waals surface area contributed by atoms with Crippen LogP contribution in [-0.2, 0) is 4.74 Å². The van der Waals surface area contributed by atoms with Crippen LogP contribution in [0.1, 0.15) is 33.7 Å². The molecule has 31 heavy (non-hydrogen) atoms. The minimum Gasteiger partial charge on any atom is -0.464 e. The summed E-state index contributed by atoms with van der Waals surface area (Å²) < 4.78 is 4.81. The van der Waals surface area contributed by atoms with Crippen molar-refractivity contribution >= 4 is 17.7 Å². The Balaban J connectivity index is 1.40. The number of likely N-dealkylation sites (tertiary alicyclic amines) is 1. The van der Waals surface area contributed by atoms with Gasteiger partial charge in [0.05, 0.1) is 36.8 Å². The smallest absolute Gasteiger partial charge is 0.360 e. The number of nitrogens with one attached hydrogen (secondary N) is 1. The first-order valence-corrected chi connectivity index (χ1v) is 10.1. The number of piperidine rings is 1. The number of fused-ring (bicyclic) bond motifs is 2. The molecule has 3 atom stereocenters. The SMILES string of the molecule is COC(=O)c1nccnc1N[C@@H]1C[C@H]2C[C@@H]1N(C(=O)c1ccccc1-n1nccn1)C2. The number of nitrogens with zero attached hydrogens (tertiary/aromatic N) is 6. The van der Waals surface area contributed by atoms with Crippen molar-refractivity contribution in [3.05, 3.63) is 60.3 Å². The van der Waals surface area contributed by atoms with E-state index in [4.69, 9.17) is 4.74 Å². The molecule has 1 N–H and O–H groups in total. The van der Waals surface area contributed by atoms with Gasteiger partial charge in [0.1, 0.15) is 0 Å². The first-order valence-electron chi connectivity index (χ1n) is 10.1. The highest BCUT2D eigenvalue weighted by Crippen LogP contribution is 2.40. The summed E-state index contributed by atoms with van der Waals surface area (Å²) in [5.41, 5.74) is 1.34. The number of hydrogen-bond donors (Lipinski definition) is 1. The lowest BCUT2D eigenvalue weighted by atomic mass is 10.0. The van der Waals surface area contributed by atoms with Crippen LogP contribution in [-0.4, -0.2) is 67.5 Å². The molecule has 3 aromatic rings. The van der Waals surface area contributed by atoms with E-state index in [9.17, 15) is 9.59 Å². The molecule has 1 amide bonds. The monoisotopic (exact) mass is 419 g/mol. The van der Waals surface area contributed by atoms with Crippen molar-refractivity contribution < 1.29 is 14.3 Å². The summed E-state index contributed by atoms with van der Waals surface area (Å²) in [5, 5.41) is 11.7. The fourth-order valence-electron chi connectivity index (χ4n) is 4.60. The van der Waals surface area contributed by atoms with E-state index >= 15 is 0 Å². The molecule has 0 radical (unpaired) electrons. The van der Waals surface area contributed by atoms with Gasteiger partial charge in [0.2, 0.25) is 0 Å². The fraction of sp³-hybridized carbons (Fsp3) is 0.333. The molecule has 10 nitrogen and oxygen atoms in total. The summed E-state index contributed by atoms with van der Waals surface area (Å²) in [6, 6.07) is 7.29. The topological polar surface area (TPSA) is 115 Å². The maximum absolute atomic E-state index is 13.5. The van der Waals surface area contributed by atoms with Crippen LogP contribution in [0.2, 0.25) is 0 Å². The molecule has 158 valence electrons. The van der Waals surface area contributed by atoms with Crippen LogP contribution >= 0.6 is 0 Å². The van der Waals surface area contributed by atoms with E-state index in [1.54, 1.807) is 18.5 Å². The summed E-state index contributed by atoms with van der Waals surface area (Å²) in [6.07, 6.45) is 7.94. The molecule has 2 bridgehead atoms. The molecule has 10 heteroatoms. The van der Waals surface area contributed by atoms with Gasteiger partial charge in [0.25, 0.3) is 5.91 Å². The Hall–Kier alpha value is -3.82. The number of para-hydroxylation sites is 1. The molecule has 5 rings (SSSR count). The number of amides is 1. The predicted octanol–water partition coefficient (Wildman–Crippen LogP) is 1.56. The minimum atomic E-state index is -0.549. The van der Waals surface area contributed by atoms with Gasteiger partial charge < -0.3 is 15.0 Å². The Kier molecular flexibility index (Phi) is 4.81. The molecule has 1 saturated heterocycles. The molecule has 1 aromatic carbocycles. The van der Waals surface area contributed by atoms with Gasteiger partial charge in [-0.2, -0.15) is 15.0 Å². The van der Waals surface area contributed by atoms with Gasteiger partial charge >= 0.3 is 5.97 Å². The fourth-order valence-corrected chi connectivity index (χ4v) is 4.60. The largest absolute Gasteiger partial charge is 0.464 e. The number of rotatable bonds is 5. The molecule has 1 aliphatic heterocycles. The van der Waals surface area contributed by atoms with Crippen molar-refractivity contribution in [3.63, 3.8) is 0 Å². The Morgan fingerprint density at radius 3 is 2.61 bits per heavy atom. The molecule has 2 aliphatic rings. The average Bonchev–Trinajstić information content (AvgIpc) is 3.56. The number of carbonyl (C=O) groups is 2. The summed E-state index contributed by atoms with van der Waals surface area (Å²) in [6.45, 7) is 0.701. The Labute approximate surface area is 178 Å². The first kappa shape index (κ1) is 19.2. The van der Waals surface area contributed by atoms with Crippen molar-refractivity contribution in [2.45, 2.75) is 24.9 Å². The number of esters is 1. The number of carbonyl (C=O) groups excluding carboxylic acids is 2. The quantitative estimate of drug-likeness (QED) is 0.620. The van der Waals surface area contributed by atoms with Crippen LogP contribution in [0.3, 0.4) is 0 Å². The van der Waals surface area contributed by atoms with Gasteiger partial charge in [-0.05, 0) is 30.9 Å². The Bertz CT molecular complexity index is 1120. The number of methoxy groups -OCH3 is 1. The minimum absolute atomic E-state index is 0.0105. The molecule has 1 aliphatic carbocycles. The van der Waals surface area contributed by atoms with Crippen LogP contribution in [0.25, 0.3) is 5.69 Å². The number of ether oxygens (including phenoxy) is 1. The molecule has 2 aromatic heterocycles. The normalized spacial score (nSPS) is 21.8. The number of hydrogen-bond acceptors (Lipinski definition) is 8. The molecular formula is C21H21N7O3. The Morgan fingerprint density at radius 1 is 1.06 bits per heavy atom. The highest BCUT2D eigenvalue weighted by Gasteiger charge is 2.47. The first-order chi connectivity index (χ1) is 15.2. The lowest BCUT2D eigenvalue weighted by Gasteiger charge is -2.34. The molecule has 2 fully saturated rings. The van der Waals surface area contributed by atoms with Crippen LogP contribution in [0.15, 0.2) is 49.1 Å². The zero-order valence-corrected chi connectivity index (χ0v) is 16.9. The Morgan fingerprint density at radius 2 is 1.84 bits per heavy atom. The summed E-state index contributed by atoms with van der Waals surface area (Å²) in [4.78, 5) is 37.3. The second kappa shape index (κ2) is 7.78. The van der Waals surface area contributed by atoms with Crippen LogP contribution in [0, 0.1) is 5.92 Å². The van der Waals surface area contributed by atoms with Gasteiger partial charge in [0, 0.05) is 25.0 Å². The van der Waals surface area contributed by atoms with E-state index in [-0.39, 0.29) is 23.7 Å². The van der Waals surface area contributed by atoms with Gasteiger partial charge in [-0.15, -0.1) is 0 Å². The highest BCUT2D eigenvalue weighted by atomic mass is 16.5. The molecule has 0 spiro atoms. The van der Waals surface area contributed by atoms with Crippen LogP contribution in [0.4, 0.5) is 5.82 Å². The third-order valence-corrected chi connectivity index (χ3v) is 5.91. The van der Waals surface area contributed by atoms with Crippen LogP contribution < -0.4 is 5.32 Å². The third-order valence-electron chi connectivity index (χ3n) is 5.91. The van der Waals surface area contributed by atoms with E-state index in [1.165, 1.54) is 24.3 Å². The van der Waals surface area contributed by atoms with Crippen molar-refractivity contribution in [3.8, 4) is 5.69 Å². The highest BCUT2D eigenvalue weighted by molar-refractivity contribution is 5.98.